The topological polar surface area (TPSA) is 92.4 Å². The number of primary amides is 1. The molecule has 17 heavy (non-hydrogen) atoms. The van der Waals surface area contributed by atoms with Gasteiger partial charge in [0.15, 0.2) is 0 Å². The summed E-state index contributed by atoms with van der Waals surface area (Å²) in [5.74, 6) is -1.17. The Labute approximate surface area is 104 Å². The molecule has 92 valence electrons. The first-order chi connectivity index (χ1) is 8.02. The molecule has 0 unspecified atom stereocenters. The quantitative estimate of drug-likeness (QED) is 0.655. The number of nitrogens with two attached hydrogens (primary N) is 1. The zero-order chi connectivity index (χ0) is 12.8. The number of alkyl halides is 1. The molecular formula is C11H13ClN2O3. The number of hydrogen-bond acceptors (Lipinski definition) is 3. The molecule has 0 radical (unpaired) electrons. The van der Waals surface area contributed by atoms with Crippen molar-refractivity contribution < 1.29 is 14.7 Å². The van der Waals surface area contributed by atoms with Crippen LogP contribution < -0.4 is 11.1 Å². The Morgan fingerprint density at radius 3 is 2.41 bits per heavy atom. The first kappa shape index (κ1) is 13.3. The average Bonchev–Trinajstić information content (AvgIpc) is 2.30. The predicted molar refractivity (Wildman–Crippen MR) is 63.7 cm³/mol. The van der Waals surface area contributed by atoms with E-state index in [9.17, 15) is 9.59 Å². The van der Waals surface area contributed by atoms with Gasteiger partial charge in [-0.25, -0.2) is 0 Å². The smallest absolute Gasteiger partial charge is 0.240 e. The van der Waals surface area contributed by atoms with Crippen molar-refractivity contribution in [1.29, 1.82) is 0 Å². The molecule has 0 bridgehead atoms. The van der Waals surface area contributed by atoms with E-state index in [0.717, 1.165) is 5.56 Å². The average molecular weight is 257 g/mol. The molecule has 0 aliphatic carbocycles. The summed E-state index contributed by atoms with van der Waals surface area (Å²) in [7, 11) is 0. The normalized spacial score (nSPS) is 11.8. The number of aromatic hydroxyl groups is 1. The summed E-state index contributed by atoms with van der Waals surface area (Å²) in [5, 5.41) is 11.5. The number of rotatable bonds is 5. The summed E-state index contributed by atoms with van der Waals surface area (Å²) in [6.07, 6.45) is 0.262. The van der Waals surface area contributed by atoms with E-state index in [1.807, 2.05) is 0 Å². The summed E-state index contributed by atoms with van der Waals surface area (Å²) >= 11 is 5.33. The number of halogens is 1. The molecule has 4 N–H and O–H groups in total. The number of nitrogens with one attached hydrogen (secondary N) is 1. The lowest BCUT2D eigenvalue weighted by atomic mass is 10.1. The third kappa shape index (κ3) is 4.32. The zero-order valence-corrected chi connectivity index (χ0v) is 9.78. The molecule has 0 aliphatic rings. The van der Waals surface area contributed by atoms with Crippen LogP contribution >= 0.6 is 11.6 Å². The lowest BCUT2D eigenvalue weighted by Crippen LogP contribution is -2.46. The van der Waals surface area contributed by atoms with E-state index < -0.39 is 17.9 Å². The number of carbonyl (C=O) groups excluding carboxylic acids is 2. The third-order valence-electron chi connectivity index (χ3n) is 2.18. The van der Waals surface area contributed by atoms with Crippen LogP contribution in [0.25, 0.3) is 0 Å². The molecule has 0 saturated carbocycles. The molecule has 0 aliphatic heterocycles. The van der Waals surface area contributed by atoms with Crippen molar-refractivity contribution >= 4 is 23.4 Å². The molecule has 0 fully saturated rings. The lowest BCUT2D eigenvalue weighted by Gasteiger charge is -2.14. The van der Waals surface area contributed by atoms with E-state index in [4.69, 9.17) is 22.4 Å². The van der Waals surface area contributed by atoms with Crippen molar-refractivity contribution in [1.82, 2.24) is 5.32 Å². The van der Waals surface area contributed by atoms with Crippen LogP contribution in [0, 0.1) is 0 Å². The van der Waals surface area contributed by atoms with Gasteiger partial charge >= 0.3 is 0 Å². The first-order valence-electron chi connectivity index (χ1n) is 4.95. The minimum Gasteiger partial charge on any atom is -0.508 e. The summed E-state index contributed by atoms with van der Waals surface area (Å²) < 4.78 is 0. The highest BCUT2D eigenvalue weighted by atomic mass is 35.5. The maximum atomic E-state index is 11.1. The van der Waals surface area contributed by atoms with Crippen LogP contribution in [0.3, 0.4) is 0 Å². The van der Waals surface area contributed by atoms with Crippen molar-refractivity contribution in [2.75, 3.05) is 5.88 Å². The molecule has 0 heterocycles. The second kappa shape index (κ2) is 6.10. The van der Waals surface area contributed by atoms with E-state index in [-0.39, 0.29) is 18.1 Å². The fourth-order valence-electron chi connectivity index (χ4n) is 1.32. The largest absolute Gasteiger partial charge is 0.508 e. The molecule has 5 nitrogen and oxygen atoms in total. The van der Waals surface area contributed by atoms with Gasteiger partial charge in [-0.2, -0.15) is 0 Å². The van der Waals surface area contributed by atoms with Crippen LogP contribution in [0.2, 0.25) is 0 Å². The van der Waals surface area contributed by atoms with E-state index in [2.05, 4.69) is 5.32 Å². The van der Waals surface area contributed by atoms with Gasteiger partial charge in [-0.1, -0.05) is 12.1 Å². The van der Waals surface area contributed by atoms with E-state index >= 15 is 0 Å². The molecule has 0 saturated heterocycles. The molecule has 1 aromatic carbocycles. The Hall–Kier alpha value is -1.75. The standard InChI is InChI=1S/C11H13ClN2O3/c12-6-10(16)14-9(11(13)17)5-7-1-3-8(15)4-2-7/h1-4,9,15H,5-6H2,(H2,13,17)(H,14,16)/t9-/m0/s1. The van der Waals surface area contributed by atoms with E-state index in [0.29, 0.717) is 0 Å². The summed E-state index contributed by atoms with van der Waals surface area (Å²) in [5.41, 5.74) is 5.95. The Kier molecular flexibility index (Phi) is 4.78. The highest BCUT2D eigenvalue weighted by molar-refractivity contribution is 6.27. The summed E-state index contributed by atoms with van der Waals surface area (Å²) in [4.78, 5) is 22.2. The van der Waals surface area contributed by atoms with Gasteiger partial charge in [-0.15, -0.1) is 11.6 Å². The van der Waals surface area contributed by atoms with Gasteiger partial charge in [-0.3, -0.25) is 9.59 Å². The second-order valence-corrected chi connectivity index (χ2v) is 3.79. The molecule has 1 aromatic rings. The minimum absolute atomic E-state index is 0.133. The Balaban J connectivity index is 2.70. The van der Waals surface area contributed by atoms with Crippen molar-refractivity contribution in [3.8, 4) is 5.75 Å². The Morgan fingerprint density at radius 2 is 1.94 bits per heavy atom. The fraction of sp³-hybridized carbons (Fsp3) is 0.273. The van der Waals surface area contributed by atoms with Gasteiger partial charge in [-0.05, 0) is 17.7 Å². The van der Waals surface area contributed by atoms with Crippen LogP contribution in [-0.4, -0.2) is 28.8 Å². The summed E-state index contributed by atoms with van der Waals surface area (Å²) in [6, 6.07) is 5.50. The van der Waals surface area contributed by atoms with E-state index in [1.165, 1.54) is 12.1 Å². The van der Waals surface area contributed by atoms with Crippen LogP contribution in [0.4, 0.5) is 0 Å². The number of carbonyl (C=O) groups is 2. The second-order valence-electron chi connectivity index (χ2n) is 3.53. The van der Waals surface area contributed by atoms with Gasteiger partial charge in [0.1, 0.15) is 17.7 Å². The number of benzene rings is 1. The molecule has 0 spiro atoms. The first-order valence-corrected chi connectivity index (χ1v) is 5.49. The number of phenols is 1. The Morgan fingerprint density at radius 1 is 1.35 bits per heavy atom. The van der Waals surface area contributed by atoms with Gasteiger partial charge in [0.05, 0.1) is 0 Å². The zero-order valence-electron chi connectivity index (χ0n) is 9.02. The number of hydrogen-bond donors (Lipinski definition) is 3. The maximum Gasteiger partial charge on any atom is 0.240 e. The van der Waals surface area contributed by atoms with Crippen LogP contribution in [-0.2, 0) is 16.0 Å². The monoisotopic (exact) mass is 256 g/mol. The fourth-order valence-corrected chi connectivity index (χ4v) is 1.40. The van der Waals surface area contributed by atoms with Crippen molar-refractivity contribution in [3.05, 3.63) is 29.8 Å². The molecule has 1 rings (SSSR count). The highest BCUT2D eigenvalue weighted by Gasteiger charge is 2.17. The number of amides is 2. The highest BCUT2D eigenvalue weighted by Crippen LogP contribution is 2.11. The van der Waals surface area contributed by atoms with Crippen LogP contribution in [0.1, 0.15) is 5.56 Å². The molecule has 2 amide bonds. The number of phenolic OH excluding ortho intramolecular Hbond substituents is 1. The van der Waals surface area contributed by atoms with Crippen molar-refractivity contribution in [2.45, 2.75) is 12.5 Å². The molecular weight excluding hydrogens is 244 g/mol. The molecule has 6 heteroatoms. The van der Waals surface area contributed by atoms with Crippen molar-refractivity contribution in [3.63, 3.8) is 0 Å². The minimum atomic E-state index is -0.800. The predicted octanol–water partition coefficient (Wildman–Crippen LogP) is 0.144. The van der Waals surface area contributed by atoms with Crippen LogP contribution in [0.5, 0.6) is 5.75 Å². The molecule has 1 atom stereocenters. The third-order valence-corrected chi connectivity index (χ3v) is 2.42. The van der Waals surface area contributed by atoms with Gasteiger partial charge in [0, 0.05) is 6.42 Å². The van der Waals surface area contributed by atoms with Crippen molar-refractivity contribution in [2.24, 2.45) is 5.73 Å². The summed E-state index contributed by atoms with van der Waals surface area (Å²) in [6.45, 7) is 0. The van der Waals surface area contributed by atoms with Gasteiger partial charge < -0.3 is 16.2 Å². The SMILES string of the molecule is NC(=O)[C@H](Cc1ccc(O)cc1)NC(=O)CCl. The lowest BCUT2D eigenvalue weighted by molar-refractivity contribution is -0.126. The van der Waals surface area contributed by atoms with Gasteiger partial charge in [0.25, 0.3) is 0 Å². The molecule has 0 aromatic heterocycles. The maximum absolute atomic E-state index is 11.1. The van der Waals surface area contributed by atoms with E-state index in [1.54, 1.807) is 12.1 Å². The van der Waals surface area contributed by atoms with Crippen LogP contribution in [0.15, 0.2) is 24.3 Å². The van der Waals surface area contributed by atoms with Gasteiger partial charge in [0.2, 0.25) is 11.8 Å². The Bertz CT molecular complexity index is 406.